The number of rotatable bonds is 6. The van der Waals surface area contributed by atoms with Crippen LogP contribution in [0.3, 0.4) is 0 Å². The highest BCUT2D eigenvalue weighted by Crippen LogP contribution is 2.31. The summed E-state index contributed by atoms with van der Waals surface area (Å²) < 4.78 is 25.1. The van der Waals surface area contributed by atoms with Crippen LogP contribution in [0.1, 0.15) is 26.7 Å². The molecule has 1 atom stereocenters. The summed E-state index contributed by atoms with van der Waals surface area (Å²) in [5.41, 5.74) is -0.258. The van der Waals surface area contributed by atoms with Crippen molar-refractivity contribution in [1.29, 1.82) is 5.26 Å². The van der Waals surface area contributed by atoms with E-state index in [2.05, 4.69) is 16.7 Å². The molecular formula is C21H26FN5O4S. The molecule has 0 aromatic heterocycles. The van der Waals surface area contributed by atoms with Crippen LogP contribution < -0.4 is 20.4 Å². The number of nitrogens with zero attached hydrogens (tertiary/aromatic N) is 3. The van der Waals surface area contributed by atoms with Gasteiger partial charge in [0.1, 0.15) is 17.5 Å². The minimum Gasteiger partial charge on any atom is -0.450 e. The zero-order valence-electron chi connectivity index (χ0n) is 18.0. The minimum atomic E-state index is -1.04. The molecule has 1 aromatic rings. The molecule has 2 amide bonds. The summed E-state index contributed by atoms with van der Waals surface area (Å²) in [4.78, 5) is 27.8. The Kier molecular flexibility index (Phi) is 7.35. The molecule has 0 saturated carbocycles. The summed E-state index contributed by atoms with van der Waals surface area (Å²) in [6, 6.07) is 6.75. The molecule has 2 aliphatic rings. The Hall–Kier alpha value is -3.13. The van der Waals surface area contributed by atoms with Gasteiger partial charge in [-0.3, -0.25) is 4.90 Å². The van der Waals surface area contributed by atoms with Gasteiger partial charge in [0.05, 0.1) is 42.1 Å². The number of hydrogen-bond donors (Lipinski definition) is 2. The summed E-state index contributed by atoms with van der Waals surface area (Å²) in [6.45, 7) is 5.09. The molecule has 172 valence electrons. The smallest absolute Gasteiger partial charge is 0.414 e. The van der Waals surface area contributed by atoms with Gasteiger partial charge in [0.2, 0.25) is 0 Å². The average molecular weight is 464 g/mol. The van der Waals surface area contributed by atoms with Crippen molar-refractivity contribution in [3.63, 3.8) is 0 Å². The lowest BCUT2D eigenvalue weighted by molar-refractivity contribution is 0.139. The first-order valence-corrected chi connectivity index (χ1v) is 10.8. The second kappa shape index (κ2) is 9.99. The second-order valence-corrected chi connectivity index (χ2v) is 8.33. The van der Waals surface area contributed by atoms with Crippen LogP contribution >= 0.6 is 12.2 Å². The summed E-state index contributed by atoms with van der Waals surface area (Å²) in [7, 11) is 0. The number of piperidine rings is 1. The lowest BCUT2D eigenvalue weighted by Crippen LogP contribution is -2.54. The zero-order valence-corrected chi connectivity index (χ0v) is 18.8. The van der Waals surface area contributed by atoms with Gasteiger partial charge in [-0.25, -0.2) is 14.0 Å². The van der Waals surface area contributed by atoms with E-state index in [1.807, 2.05) is 4.90 Å². The number of amides is 2. The number of benzene rings is 1. The predicted octanol–water partition coefficient (Wildman–Crippen LogP) is 2.70. The van der Waals surface area contributed by atoms with Crippen LogP contribution in [0, 0.1) is 17.1 Å². The van der Waals surface area contributed by atoms with E-state index in [9.17, 15) is 19.2 Å². The number of anilines is 2. The van der Waals surface area contributed by atoms with Crippen molar-refractivity contribution >= 4 is 40.8 Å². The molecule has 2 N–H and O–H groups in total. The van der Waals surface area contributed by atoms with Crippen molar-refractivity contribution in [2.24, 2.45) is 0 Å². The van der Waals surface area contributed by atoms with E-state index in [-0.39, 0.29) is 12.7 Å². The maximum Gasteiger partial charge on any atom is 0.414 e. The van der Waals surface area contributed by atoms with Crippen molar-refractivity contribution in [2.75, 3.05) is 42.6 Å². The van der Waals surface area contributed by atoms with Crippen molar-refractivity contribution in [3.05, 3.63) is 24.0 Å². The largest absolute Gasteiger partial charge is 0.450 e. The minimum absolute atomic E-state index is 0.213. The van der Waals surface area contributed by atoms with Crippen molar-refractivity contribution in [3.8, 4) is 6.07 Å². The maximum absolute atomic E-state index is 14.9. The Bertz CT molecular complexity index is 929. The van der Waals surface area contributed by atoms with E-state index in [1.165, 1.54) is 11.0 Å². The first kappa shape index (κ1) is 23.5. The molecule has 0 aliphatic carbocycles. The Morgan fingerprint density at radius 2 is 2.16 bits per heavy atom. The lowest BCUT2D eigenvalue weighted by Gasteiger charge is -2.38. The number of hydrogen-bond acceptors (Lipinski definition) is 7. The number of ether oxygens (including phenoxy) is 2. The van der Waals surface area contributed by atoms with Gasteiger partial charge < -0.3 is 25.0 Å². The van der Waals surface area contributed by atoms with Gasteiger partial charge in [-0.05, 0) is 32.0 Å². The van der Waals surface area contributed by atoms with Crippen LogP contribution in [0.4, 0.5) is 25.4 Å². The molecule has 0 spiro atoms. The van der Waals surface area contributed by atoms with Crippen LogP contribution in [-0.4, -0.2) is 61.6 Å². The summed E-state index contributed by atoms with van der Waals surface area (Å²) in [5.74, 6) is -0.477. The molecule has 3 rings (SSSR count). The summed E-state index contributed by atoms with van der Waals surface area (Å²) in [5, 5.41) is 15.2. The third-order valence-electron chi connectivity index (χ3n) is 5.48. The SMILES string of the molecule is CCOC(=O)NC1(C#N)CCN(c2ccc(N3C[C@H](CNC(C)=S)OC3=O)cc2F)CC1. The Morgan fingerprint density at radius 3 is 2.75 bits per heavy atom. The molecule has 2 saturated heterocycles. The number of nitrogens with one attached hydrogen (secondary N) is 2. The van der Waals surface area contributed by atoms with Crippen LogP contribution in [0.25, 0.3) is 0 Å². The van der Waals surface area contributed by atoms with Crippen LogP contribution in [-0.2, 0) is 9.47 Å². The quantitative estimate of drug-likeness (QED) is 0.620. The molecule has 2 fully saturated rings. The summed E-state index contributed by atoms with van der Waals surface area (Å²) in [6.07, 6.45) is -0.889. The highest BCUT2D eigenvalue weighted by atomic mass is 32.1. The molecule has 0 unspecified atom stereocenters. The molecule has 32 heavy (non-hydrogen) atoms. The highest BCUT2D eigenvalue weighted by molar-refractivity contribution is 7.80. The van der Waals surface area contributed by atoms with Crippen LogP contribution in [0.5, 0.6) is 0 Å². The third-order valence-corrected chi connectivity index (χ3v) is 5.63. The topological polar surface area (TPSA) is 107 Å². The number of carbonyl (C=O) groups is 2. The van der Waals surface area contributed by atoms with Gasteiger partial charge in [0.15, 0.2) is 0 Å². The molecule has 0 radical (unpaired) electrons. The van der Waals surface area contributed by atoms with Gasteiger partial charge in [0, 0.05) is 25.9 Å². The van der Waals surface area contributed by atoms with E-state index < -0.39 is 23.5 Å². The first-order valence-electron chi connectivity index (χ1n) is 10.4. The zero-order chi connectivity index (χ0) is 23.3. The third kappa shape index (κ3) is 5.37. The molecule has 2 aliphatic heterocycles. The van der Waals surface area contributed by atoms with Crippen molar-refractivity contribution in [1.82, 2.24) is 10.6 Å². The van der Waals surface area contributed by atoms with Crippen molar-refractivity contribution in [2.45, 2.75) is 38.3 Å². The number of thiocarbonyl (C=S) groups is 1. The molecule has 9 nitrogen and oxygen atoms in total. The Balaban J connectivity index is 1.64. The fourth-order valence-corrected chi connectivity index (χ4v) is 3.86. The average Bonchev–Trinajstić information content (AvgIpc) is 3.13. The van der Waals surface area contributed by atoms with Crippen LogP contribution in [0.2, 0.25) is 0 Å². The Labute approximate surface area is 191 Å². The maximum atomic E-state index is 14.9. The summed E-state index contributed by atoms with van der Waals surface area (Å²) >= 11 is 4.97. The molecule has 0 bridgehead atoms. The van der Waals surface area contributed by atoms with E-state index in [0.29, 0.717) is 55.4 Å². The van der Waals surface area contributed by atoms with E-state index in [0.717, 1.165) is 0 Å². The van der Waals surface area contributed by atoms with E-state index in [1.54, 1.807) is 26.0 Å². The van der Waals surface area contributed by atoms with Gasteiger partial charge in [0.25, 0.3) is 0 Å². The van der Waals surface area contributed by atoms with Gasteiger partial charge in [-0.15, -0.1) is 0 Å². The highest BCUT2D eigenvalue weighted by Gasteiger charge is 2.38. The van der Waals surface area contributed by atoms with Crippen LogP contribution in [0.15, 0.2) is 18.2 Å². The normalized spacial score (nSPS) is 19.7. The van der Waals surface area contributed by atoms with E-state index in [4.69, 9.17) is 21.7 Å². The molecule has 1 aromatic carbocycles. The number of halogens is 1. The van der Waals surface area contributed by atoms with E-state index >= 15 is 0 Å². The lowest BCUT2D eigenvalue weighted by atomic mass is 9.89. The second-order valence-electron chi connectivity index (χ2n) is 7.72. The fourth-order valence-electron chi connectivity index (χ4n) is 3.77. The van der Waals surface area contributed by atoms with Gasteiger partial charge in [-0.1, -0.05) is 12.2 Å². The first-order chi connectivity index (χ1) is 15.3. The predicted molar refractivity (Wildman–Crippen MR) is 120 cm³/mol. The number of nitriles is 1. The monoisotopic (exact) mass is 463 g/mol. The number of alkyl carbamates (subject to hydrolysis) is 1. The number of cyclic esters (lactones) is 1. The molecular weight excluding hydrogens is 437 g/mol. The Morgan fingerprint density at radius 1 is 1.44 bits per heavy atom. The molecule has 11 heteroatoms. The van der Waals surface area contributed by atoms with Crippen molar-refractivity contribution < 1.29 is 23.5 Å². The van der Waals surface area contributed by atoms with Gasteiger partial charge in [-0.2, -0.15) is 5.26 Å². The standard InChI is InChI=1S/C21H26FN5O4S/c1-3-30-19(28)25-21(13-23)6-8-26(9-7-21)18-5-4-15(10-17(18)22)27-12-16(31-20(27)29)11-24-14(2)32/h4-5,10,16H,3,6-9,11-12H2,1-2H3,(H,24,32)(H,25,28)/t16-/m0/s1. The van der Waals surface area contributed by atoms with Gasteiger partial charge >= 0.3 is 12.2 Å². The molecule has 2 heterocycles. The number of carbonyl (C=O) groups excluding carboxylic acids is 2. The fraction of sp³-hybridized carbons (Fsp3) is 0.524.